The summed E-state index contributed by atoms with van der Waals surface area (Å²) in [5, 5.41) is 6.43. The standard InChI is InChI=1S/C10H21FN2/c1-4-10(2,3)13-9-5-6-12-7-8(9)11/h8-9,12-13H,4-7H2,1-3H3/t8-,9+/m0/s1. The largest absolute Gasteiger partial charge is 0.314 e. The maximum atomic E-state index is 13.4. The molecule has 1 rings (SSSR count). The van der Waals surface area contributed by atoms with Gasteiger partial charge in [-0.3, -0.25) is 0 Å². The van der Waals surface area contributed by atoms with E-state index in [4.69, 9.17) is 0 Å². The normalized spacial score (nSPS) is 30.5. The molecule has 1 heterocycles. The highest BCUT2D eigenvalue weighted by molar-refractivity contribution is 4.89. The number of alkyl halides is 1. The van der Waals surface area contributed by atoms with E-state index in [1.807, 2.05) is 0 Å². The van der Waals surface area contributed by atoms with Gasteiger partial charge in [0.05, 0.1) is 0 Å². The van der Waals surface area contributed by atoms with Crippen LogP contribution in [0.25, 0.3) is 0 Å². The molecule has 0 saturated carbocycles. The summed E-state index contributed by atoms with van der Waals surface area (Å²) in [6.07, 6.45) is 1.19. The zero-order valence-corrected chi connectivity index (χ0v) is 8.86. The van der Waals surface area contributed by atoms with Crippen LogP contribution in [-0.2, 0) is 0 Å². The summed E-state index contributed by atoms with van der Waals surface area (Å²) in [7, 11) is 0. The lowest BCUT2D eigenvalue weighted by atomic mass is 9.96. The second-order valence-corrected chi connectivity index (χ2v) is 4.50. The molecule has 0 amide bonds. The second kappa shape index (κ2) is 4.38. The molecule has 2 nitrogen and oxygen atoms in total. The Kier molecular flexibility index (Phi) is 3.68. The molecule has 1 aliphatic heterocycles. The Bertz CT molecular complexity index is 159. The van der Waals surface area contributed by atoms with Crippen LogP contribution >= 0.6 is 0 Å². The van der Waals surface area contributed by atoms with Gasteiger partial charge >= 0.3 is 0 Å². The third-order valence-electron chi connectivity index (χ3n) is 2.87. The maximum Gasteiger partial charge on any atom is 0.128 e. The lowest BCUT2D eigenvalue weighted by Gasteiger charge is -2.35. The third kappa shape index (κ3) is 3.24. The van der Waals surface area contributed by atoms with Crippen LogP contribution in [0.2, 0.25) is 0 Å². The summed E-state index contributed by atoms with van der Waals surface area (Å²) in [5.41, 5.74) is 0.0619. The molecule has 2 N–H and O–H groups in total. The zero-order valence-electron chi connectivity index (χ0n) is 8.86. The van der Waals surface area contributed by atoms with E-state index in [9.17, 15) is 4.39 Å². The van der Waals surface area contributed by atoms with Crippen LogP contribution in [0.15, 0.2) is 0 Å². The van der Waals surface area contributed by atoms with Gasteiger partial charge in [0.2, 0.25) is 0 Å². The average Bonchev–Trinajstić information content (AvgIpc) is 2.09. The molecule has 1 saturated heterocycles. The van der Waals surface area contributed by atoms with Gasteiger partial charge in [-0.2, -0.15) is 0 Å². The van der Waals surface area contributed by atoms with Crippen molar-refractivity contribution in [2.45, 2.75) is 51.4 Å². The fraction of sp³-hybridized carbons (Fsp3) is 1.00. The van der Waals surface area contributed by atoms with Crippen LogP contribution in [0.1, 0.15) is 33.6 Å². The van der Waals surface area contributed by atoms with Crippen molar-refractivity contribution in [1.29, 1.82) is 0 Å². The SMILES string of the molecule is CCC(C)(C)N[C@@H]1CCNC[C@@H]1F. The van der Waals surface area contributed by atoms with E-state index in [1.54, 1.807) is 0 Å². The van der Waals surface area contributed by atoms with Crippen molar-refractivity contribution in [3.8, 4) is 0 Å². The minimum atomic E-state index is -0.737. The van der Waals surface area contributed by atoms with Crippen LogP contribution in [0.4, 0.5) is 4.39 Å². The van der Waals surface area contributed by atoms with Crippen LogP contribution in [0.5, 0.6) is 0 Å². The average molecular weight is 188 g/mol. The third-order valence-corrected chi connectivity index (χ3v) is 2.87. The molecule has 2 atom stereocenters. The highest BCUT2D eigenvalue weighted by Gasteiger charge is 2.28. The first-order valence-electron chi connectivity index (χ1n) is 5.17. The summed E-state index contributed by atoms with van der Waals surface area (Å²) >= 11 is 0. The number of piperidine rings is 1. The molecule has 0 aromatic carbocycles. The molecular weight excluding hydrogens is 167 g/mol. The first kappa shape index (κ1) is 10.9. The number of halogens is 1. The predicted octanol–water partition coefficient (Wildman–Crippen LogP) is 1.46. The summed E-state index contributed by atoms with van der Waals surface area (Å²) in [6, 6.07) is 0.0381. The highest BCUT2D eigenvalue weighted by atomic mass is 19.1. The first-order valence-corrected chi connectivity index (χ1v) is 5.17. The lowest BCUT2D eigenvalue weighted by molar-refractivity contribution is 0.168. The number of nitrogens with one attached hydrogen (secondary N) is 2. The quantitative estimate of drug-likeness (QED) is 0.700. The van der Waals surface area contributed by atoms with E-state index in [2.05, 4.69) is 31.4 Å². The Morgan fingerprint density at radius 2 is 2.23 bits per heavy atom. The van der Waals surface area contributed by atoms with Gasteiger partial charge in [0.25, 0.3) is 0 Å². The van der Waals surface area contributed by atoms with E-state index in [0.717, 1.165) is 19.4 Å². The molecule has 0 aliphatic carbocycles. The summed E-state index contributed by atoms with van der Waals surface area (Å²) < 4.78 is 13.4. The van der Waals surface area contributed by atoms with Crippen LogP contribution in [0.3, 0.4) is 0 Å². The minimum Gasteiger partial charge on any atom is -0.314 e. The fourth-order valence-electron chi connectivity index (χ4n) is 1.59. The van der Waals surface area contributed by atoms with Crippen LogP contribution in [-0.4, -0.2) is 30.8 Å². The molecule has 78 valence electrons. The van der Waals surface area contributed by atoms with Crippen LogP contribution in [0, 0.1) is 0 Å². The second-order valence-electron chi connectivity index (χ2n) is 4.50. The van der Waals surface area contributed by atoms with Gasteiger partial charge in [-0.05, 0) is 33.2 Å². The summed E-state index contributed by atoms with van der Waals surface area (Å²) in [6.45, 7) is 7.81. The molecule has 0 aromatic rings. The first-order chi connectivity index (χ1) is 6.05. The van der Waals surface area contributed by atoms with Gasteiger partial charge in [0, 0.05) is 18.1 Å². The zero-order chi connectivity index (χ0) is 9.90. The number of rotatable bonds is 3. The molecular formula is C10H21FN2. The Balaban J connectivity index is 2.42. The Morgan fingerprint density at radius 1 is 1.54 bits per heavy atom. The van der Waals surface area contributed by atoms with Crippen LogP contribution < -0.4 is 10.6 Å². The van der Waals surface area contributed by atoms with Gasteiger partial charge in [0.1, 0.15) is 6.17 Å². The van der Waals surface area contributed by atoms with E-state index >= 15 is 0 Å². The van der Waals surface area contributed by atoms with Gasteiger partial charge in [-0.25, -0.2) is 4.39 Å². The molecule has 0 aromatic heterocycles. The molecule has 1 fully saturated rings. The van der Waals surface area contributed by atoms with E-state index in [-0.39, 0.29) is 11.6 Å². The Hall–Kier alpha value is -0.150. The molecule has 0 unspecified atom stereocenters. The minimum absolute atomic E-state index is 0.0381. The summed E-state index contributed by atoms with van der Waals surface area (Å²) in [4.78, 5) is 0. The van der Waals surface area contributed by atoms with E-state index in [0.29, 0.717) is 6.54 Å². The van der Waals surface area contributed by atoms with Gasteiger partial charge in [-0.1, -0.05) is 6.92 Å². The van der Waals surface area contributed by atoms with Crippen molar-refractivity contribution in [1.82, 2.24) is 10.6 Å². The van der Waals surface area contributed by atoms with E-state index < -0.39 is 6.17 Å². The molecule has 3 heteroatoms. The topological polar surface area (TPSA) is 24.1 Å². The maximum absolute atomic E-state index is 13.4. The molecule has 0 radical (unpaired) electrons. The smallest absolute Gasteiger partial charge is 0.128 e. The van der Waals surface area contributed by atoms with Crippen molar-refractivity contribution >= 4 is 0 Å². The Morgan fingerprint density at radius 3 is 2.77 bits per heavy atom. The number of hydrogen-bond donors (Lipinski definition) is 2. The predicted molar refractivity (Wildman–Crippen MR) is 53.7 cm³/mol. The van der Waals surface area contributed by atoms with Crippen molar-refractivity contribution in [3.05, 3.63) is 0 Å². The van der Waals surface area contributed by atoms with Gasteiger partial charge < -0.3 is 10.6 Å². The van der Waals surface area contributed by atoms with Gasteiger partial charge in [0.15, 0.2) is 0 Å². The van der Waals surface area contributed by atoms with E-state index in [1.165, 1.54) is 0 Å². The van der Waals surface area contributed by atoms with Crippen molar-refractivity contribution in [2.24, 2.45) is 0 Å². The summed E-state index contributed by atoms with van der Waals surface area (Å²) in [5.74, 6) is 0. The highest BCUT2D eigenvalue weighted by Crippen LogP contribution is 2.14. The molecule has 13 heavy (non-hydrogen) atoms. The monoisotopic (exact) mass is 188 g/mol. The van der Waals surface area contributed by atoms with Gasteiger partial charge in [-0.15, -0.1) is 0 Å². The number of hydrogen-bond acceptors (Lipinski definition) is 2. The molecule has 1 aliphatic rings. The molecule has 0 spiro atoms. The lowest BCUT2D eigenvalue weighted by Crippen LogP contribution is -2.55. The van der Waals surface area contributed by atoms with Crippen molar-refractivity contribution in [3.63, 3.8) is 0 Å². The molecule has 0 bridgehead atoms. The van der Waals surface area contributed by atoms with Crippen molar-refractivity contribution < 1.29 is 4.39 Å². The fourth-order valence-corrected chi connectivity index (χ4v) is 1.59. The van der Waals surface area contributed by atoms with Crippen molar-refractivity contribution in [2.75, 3.05) is 13.1 Å². The Labute approximate surface area is 80.3 Å².